The second-order valence-electron chi connectivity index (χ2n) is 5.98. The van der Waals surface area contributed by atoms with Crippen molar-refractivity contribution in [3.05, 3.63) is 28.7 Å². The summed E-state index contributed by atoms with van der Waals surface area (Å²) < 4.78 is 0. The minimum Gasteiger partial charge on any atom is -0.345 e. The van der Waals surface area contributed by atoms with Gasteiger partial charge in [-0.05, 0) is 12.3 Å². The first kappa shape index (κ1) is 16.6. The van der Waals surface area contributed by atoms with Crippen molar-refractivity contribution in [2.75, 3.05) is 26.7 Å². The van der Waals surface area contributed by atoms with Crippen LogP contribution in [0.15, 0.2) is 18.0 Å². The number of hydrogen-bond acceptors (Lipinski definition) is 6. The van der Waals surface area contributed by atoms with Crippen molar-refractivity contribution in [2.24, 2.45) is 5.92 Å². The van der Waals surface area contributed by atoms with E-state index in [-0.39, 0.29) is 11.8 Å². The molecule has 3 rings (SSSR count). The number of carbonyl (C=O) groups excluding carboxylic acids is 2. The molecule has 0 bridgehead atoms. The summed E-state index contributed by atoms with van der Waals surface area (Å²) in [6.07, 6.45) is 4.94. The molecule has 2 amide bonds. The number of rotatable bonds is 6. The van der Waals surface area contributed by atoms with Crippen LogP contribution in [-0.4, -0.2) is 68.5 Å². The summed E-state index contributed by atoms with van der Waals surface area (Å²) in [4.78, 5) is 36.8. The predicted octanol–water partition coefficient (Wildman–Crippen LogP) is 0.814. The van der Waals surface area contributed by atoms with Crippen LogP contribution in [0, 0.1) is 5.92 Å². The van der Waals surface area contributed by atoms with Crippen molar-refractivity contribution >= 4 is 23.2 Å². The van der Waals surface area contributed by atoms with Crippen molar-refractivity contribution < 1.29 is 9.59 Å². The molecule has 0 aliphatic carbocycles. The highest BCUT2D eigenvalue weighted by Crippen LogP contribution is 2.21. The molecule has 1 saturated heterocycles. The van der Waals surface area contributed by atoms with E-state index < -0.39 is 0 Å². The second kappa shape index (κ2) is 7.52. The summed E-state index contributed by atoms with van der Waals surface area (Å²) in [5.41, 5.74) is 1.67. The number of likely N-dealkylation sites (tertiary alicyclic amines) is 1. The number of nitrogens with one attached hydrogen (secondary N) is 1. The summed E-state index contributed by atoms with van der Waals surface area (Å²) >= 11 is 1.36. The molecule has 24 heavy (non-hydrogen) atoms. The molecular formula is C15H20N6O2S. The van der Waals surface area contributed by atoms with E-state index in [1.807, 2.05) is 11.9 Å². The van der Waals surface area contributed by atoms with E-state index in [9.17, 15) is 9.59 Å². The van der Waals surface area contributed by atoms with Gasteiger partial charge in [-0.25, -0.2) is 4.98 Å². The number of thiazole rings is 1. The Balaban J connectivity index is 1.44. The second-order valence-corrected chi connectivity index (χ2v) is 6.86. The number of aromatic amines is 1. The summed E-state index contributed by atoms with van der Waals surface area (Å²) in [5, 5.41) is 6.53. The standard InChI is InChI=1S/C15H20N6O2S/c1-20(14(22)3-2-13-17-9-18-19-13)7-11-4-5-21(8-11)15(23)12-6-16-10-24-12/h6,9-11H,2-5,7-8H2,1H3,(H,17,18,19). The zero-order valence-electron chi connectivity index (χ0n) is 13.5. The zero-order chi connectivity index (χ0) is 16.9. The van der Waals surface area contributed by atoms with Gasteiger partial charge in [0, 0.05) is 39.5 Å². The van der Waals surface area contributed by atoms with E-state index in [1.165, 1.54) is 17.7 Å². The number of amides is 2. The average Bonchev–Trinajstić information content (AvgIpc) is 3.33. The molecule has 1 atom stereocenters. The van der Waals surface area contributed by atoms with Gasteiger partial charge in [-0.1, -0.05) is 0 Å². The normalized spacial score (nSPS) is 17.2. The molecule has 2 aromatic heterocycles. The van der Waals surface area contributed by atoms with Gasteiger partial charge in [0.25, 0.3) is 5.91 Å². The fourth-order valence-electron chi connectivity index (χ4n) is 2.90. The maximum absolute atomic E-state index is 12.3. The number of H-pyrrole nitrogens is 1. The van der Waals surface area contributed by atoms with Crippen LogP contribution in [0.5, 0.6) is 0 Å². The molecule has 2 aromatic rings. The Bertz CT molecular complexity index is 672. The van der Waals surface area contributed by atoms with Crippen LogP contribution in [0.4, 0.5) is 0 Å². The number of carbonyl (C=O) groups is 2. The third-order valence-corrected chi connectivity index (χ3v) is 4.98. The maximum Gasteiger partial charge on any atom is 0.265 e. The van der Waals surface area contributed by atoms with E-state index in [1.54, 1.807) is 16.6 Å². The van der Waals surface area contributed by atoms with Crippen molar-refractivity contribution in [3.8, 4) is 0 Å². The maximum atomic E-state index is 12.3. The molecule has 0 radical (unpaired) electrons. The fraction of sp³-hybridized carbons (Fsp3) is 0.533. The monoisotopic (exact) mass is 348 g/mol. The number of aromatic nitrogens is 4. The molecular weight excluding hydrogens is 328 g/mol. The Morgan fingerprint density at radius 3 is 3.08 bits per heavy atom. The first-order valence-electron chi connectivity index (χ1n) is 7.89. The lowest BCUT2D eigenvalue weighted by Crippen LogP contribution is -2.34. The highest BCUT2D eigenvalue weighted by atomic mass is 32.1. The van der Waals surface area contributed by atoms with E-state index >= 15 is 0 Å². The van der Waals surface area contributed by atoms with Gasteiger partial charge in [-0.2, -0.15) is 5.10 Å². The highest BCUT2D eigenvalue weighted by Gasteiger charge is 2.29. The number of aryl methyl sites for hydroxylation is 1. The molecule has 3 heterocycles. The molecule has 0 aromatic carbocycles. The third-order valence-electron chi connectivity index (χ3n) is 4.21. The lowest BCUT2D eigenvalue weighted by molar-refractivity contribution is -0.130. The number of hydrogen-bond donors (Lipinski definition) is 1. The molecule has 1 aliphatic heterocycles. The van der Waals surface area contributed by atoms with Gasteiger partial charge in [0.05, 0.1) is 11.7 Å². The lowest BCUT2D eigenvalue weighted by Gasteiger charge is -2.21. The van der Waals surface area contributed by atoms with Crippen LogP contribution in [0.2, 0.25) is 0 Å². The molecule has 0 spiro atoms. The van der Waals surface area contributed by atoms with Crippen LogP contribution in [0.1, 0.15) is 28.3 Å². The first-order valence-corrected chi connectivity index (χ1v) is 8.77. The van der Waals surface area contributed by atoms with Gasteiger partial charge in [-0.15, -0.1) is 11.3 Å². The van der Waals surface area contributed by atoms with Gasteiger partial charge in [0.2, 0.25) is 5.91 Å². The summed E-state index contributed by atoms with van der Waals surface area (Å²) in [6, 6.07) is 0. The fourth-order valence-corrected chi connectivity index (χ4v) is 3.49. The first-order chi connectivity index (χ1) is 11.6. The quantitative estimate of drug-likeness (QED) is 0.834. The summed E-state index contributed by atoms with van der Waals surface area (Å²) in [5.74, 6) is 1.16. The van der Waals surface area contributed by atoms with Crippen LogP contribution in [-0.2, 0) is 11.2 Å². The van der Waals surface area contributed by atoms with Gasteiger partial charge in [0.1, 0.15) is 17.0 Å². The van der Waals surface area contributed by atoms with Gasteiger partial charge in [0.15, 0.2) is 0 Å². The van der Waals surface area contributed by atoms with Crippen LogP contribution >= 0.6 is 11.3 Å². The lowest BCUT2D eigenvalue weighted by atomic mass is 10.1. The SMILES string of the molecule is CN(CC1CCN(C(=O)c2cncs2)C1)C(=O)CCc1ncn[nH]1. The molecule has 8 nitrogen and oxygen atoms in total. The molecule has 1 N–H and O–H groups in total. The van der Waals surface area contributed by atoms with Crippen molar-refractivity contribution in [3.63, 3.8) is 0 Å². The summed E-state index contributed by atoms with van der Waals surface area (Å²) in [7, 11) is 1.82. The molecule has 1 unspecified atom stereocenters. The van der Waals surface area contributed by atoms with Crippen molar-refractivity contribution in [1.82, 2.24) is 30.0 Å². The van der Waals surface area contributed by atoms with Crippen LogP contribution in [0.3, 0.4) is 0 Å². The smallest absolute Gasteiger partial charge is 0.265 e. The van der Waals surface area contributed by atoms with Gasteiger partial charge >= 0.3 is 0 Å². The molecule has 1 fully saturated rings. The molecule has 0 saturated carbocycles. The Labute approximate surface area is 143 Å². The predicted molar refractivity (Wildman–Crippen MR) is 88.5 cm³/mol. The van der Waals surface area contributed by atoms with E-state index in [2.05, 4.69) is 20.2 Å². The van der Waals surface area contributed by atoms with E-state index in [0.29, 0.717) is 36.7 Å². The Hall–Kier alpha value is -2.29. The van der Waals surface area contributed by atoms with Crippen LogP contribution in [0.25, 0.3) is 0 Å². The molecule has 9 heteroatoms. The largest absolute Gasteiger partial charge is 0.345 e. The number of nitrogens with zero attached hydrogens (tertiary/aromatic N) is 5. The van der Waals surface area contributed by atoms with E-state index in [0.717, 1.165) is 18.8 Å². The van der Waals surface area contributed by atoms with Crippen LogP contribution < -0.4 is 0 Å². The average molecular weight is 348 g/mol. The Morgan fingerprint density at radius 2 is 2.38 bits per heavy atom. The van der Waals surface area contributed by atoms with Gasteiger partial charge in [-0.3, -0.25) is 19.7 Å². The Morgan fingerprint density at radius 1 is 1.50 bits per heavy atom. The molecule has 128 valence electrons. The van der Waals surface area contributed by atoms with E-state index in [4.69, 9.17) is 0 Å². The van der Waals surface area contributed by atoms with Gasteiger partial charge < -0.3 is 9.80 Å². The van der Waals surface area contributed by atoms with Crippen molar-refractivity contribution in [1.29, 1.82) is 0 Å². The Kier molecular flexibility index (Phi) is 5.19. The third kappa shape index (κ3) is 3.97. The topological polar surface area (TPSA) is 95.1 Å². The zero-order valence-corrected chi connectivity index (χ0v) is 14.3. The molecule has 1 aliphatic rings. The highest BCUT2D eigenvalue weighted by molar-refractivity contribution is 7.11. The summed E-state index contributed by atoms with van der Waals surface area (Å²) in [6.45, 7) is 2.10. The minimum atomic E-state index is 0.0410. The van der Waals surface area contributed by atoms with Crippen molar-refractivity contribution in [2.45, 2.75) is 19.3 Å². The minimum absolute atomic E-state index is 0.0410.